The molecule has 5 nitrogen and oxygen atoms in total. The number of benzene rings is 1. The number of hydrogen-bond donors (Lipinski definition) is 0. The molecule has 3 rings (SSSR count). The number of likely N-dealkylation sites (N-methyl/N-ethyl adjacent to an activating group) is 1. The van der Waals surface area contributed by atoms with Crippen LogP contribution < -0.4 is 9.47 Å². The lowest BCUT2D eigenvalue weighted by Crippen LogP contribution is -2.32. The maximum absolute atomic E-state index is 12.5. The van der Waals surface area contributed by atoms with Crippen molar-refractivity contribution < 1.29 is 14.3 Å². The molecule has 0 radical (unpaired) electrons. The average molecular weight is 318 g/mol. The summed E-state index contributed by atoms with van der Waals surface area (Å²) in [7, 11) is 1.82. The van der Waals surface area contributed by atoms with Gasteiger partial charge in [0.2, 0.25) is 6.79 Å². The molecule has 2 aliphatic rings. The van der Waals surface area contributed by atoms with Gasteiger partial charge in [0.15, 0.2) is 16.6 Å². The molecule has 2 heterocycles. The third-order valence-electron chi connectivity index (χ3n) is 3.78. The minimum absolute atomic E-state index is 0.0429. The Kier molecular flexibility index (Phi) is 4.02. The zero-order valence-electron chi connectivity index (χ0n) is 12.7. The van der Waals surface area contributed by atoms with Crippen LogP contribution in [0.1, 0.15) is 25.3 Å². The van der Waals surface area contributed by atoms with Crippen molar-refractivity contribution in [2.24, 2.45) is 0 Å². The van der Waals surface area contributed by atoms with E-state index in [0.717, 1.165) is 24.2 Å². The zero-order valence-corrected chi connectivity index (χ0v) is 13.5. The van der Waals surface area contributed by atoms with Crippen LogP contribution >= 0.6 is 12.2 Å². The Bertz CT molecular complexity index is 657. The van der Waals surface area contributed by atoms with Crippen LogP contribution in [0.5, 0.6) is 11.5 Å². The number of amides is 1. The molecule has 22 heavy (non-hydrogen) atoms. The van der Waals surface area contributed by atoms with Crippen LogP contribution in [0.3, 0.4) is 0 Å². The predicted octanol–water partition coefficient (Wildman–Crippen LogP) is 2.62. The average Bonchev–Trinajstić information content (AvgIpc) is 3.05. The molecule has 0 N–H and O–H groups in total. The summed E-state index contributed by atoms with van der Waals surface area (Å²) in [5.74, 6) is 1.39. The summed E-state index contributed by atoms with van der Waals surface area (Å²) in [4.78, 5) is 16.0. The molecule has 6 heteroatoms. The first-order chi connectivity index (χ1) is 10.6. The molecule has 0 unspecified atom stereocenters. The van der Waals surface area contributed by atoms with Crippen molar-refractivity contribution in [3.8, 4) is 11.5 Å². The van der Waals surface area contributed by atoms with Gasteiger partial charge in [0.25, 0.3) is 5.91 Å². The SMILES string of the molecule is CCCCN1C(=O)/C(=C\c2ccc3c(c2)OCO3)N(C)C1=S. The molecule has 0 atom stereocenters. The molecule has 1 aromatic carbocycles. The molecular formula is C16H18N2O3S. The van der Waals surface area contributed by atoms with Gasteiger partial charge in [0.1, 0.15) is 5.70 Å². The van der Waals surface area contributed by atoms with Crippen LogP contribution in [0.4, 0.5) is 0 Å². The van der Waals surface area contributed by atoms with Gasteiger partial charge in [-0.3, -0.25) is 9.69 Å². The maximum atomic E-state index is 12.5. The van der Waals surface area contributed by atoms with Crippen molar-refractivity contribution in [1.82, 2.24) is 9.80 Å². The number of rotatable bonds is 4. The summed E-state index contributed by atoms with van der Waals surface area (Å²) in [5, 5.41) is 0.561. The summed E-state index contributed by atoms with van der Waals surface area (Å²) < 4.78 is 10.7. The second-order valence-electron chi connectivity index (χ2n) is 5.29. The van der Waals surface area contributed by atoms with Gasteiger partial charge in [-0.1, -0.05) is 19.4 Å². The highest BCUT2D eigenvalue weighted by Gasteiger charge is 2.35. The van der Waals surface area contributed by atoms with Gasteiger partial charge in [-0.25, -0.2) is 0 Å². The highest BCUT2D eigenvalue weighted by atomic mass is 32.1. The second-order valence-corrected chi connectivity index (χ2v) is 5.66. The Morgan fingerprint density at radius 3 is 2.86 bits per heavy atom. The number of nitrogens with zero attached hydrogens (tertiary/aromatic N) is 2. The van der Waals surface area contributed by atoms with E-state index in [4.69, 9.17) is 21.7 Å². The molecule has 0 aliphatic carbocycles. The topological polar surface area (TPSA) is 42.0 Å². The summed E-state index contributed by atoms with van der Waals surface area (Å²) in [6.07, 6.45) is 3.80. The molecule has 0 aromatic heterocycles. The first-order valence-electron chi connectivity index (χ1n) is 7.32. The second kappa shape index (κ2) is 5.96. The van der Waals surface area contributed by atoms with E-state index in [9.17, 15) is 4.79 Å². The highest BCUT2D eigenvalue weighted by Crippen LogP contribution is 2.33. The van der Waals surface area contributed by atoms with Crippen molar-refractivity contribution in [1.29, 1.82) is 0 Å². The number of unbranched alkanes of at least 4 members (excludes halogenated alkanes) is 1. The van der Waals surface area contributed by atoms with E-state index in [1.165, 1.54) is 0 Å². The predicted molar refractivity (Wildman–Crippen MR) is 87.5 cm³/mol. The number of hydrogen-bond acceptors (Lipinski definition) is 4. The van der Waals surface area contributed by atoms with Crippen molar-refractivity contribution >= 4 is 29.3 Å². The fourth-order valence-electron chi connectivity index (χ4n) is 2.49. The van der Waals surface area contributed by atoms with Gasteiger partial charge in [0.05, 0.1) is 0 Å². The van der Waals surface area contributed by atoms with Crippen molar-refractivity contribution in [3.05, 3.63) is 29.5 Å². The minimum atomic E-state index is -0.0429. The summed E-state index contributed by atoms with van der Waals surface area (Å²) in [5.41, 5.74) is 1.47. The fraction of sp³-hybridized carbons (Fsp3) is 0.375. The molecule has 0 bridgehead atoms. The number of carbonyl (C=O) groups is 1. The molecule has 1 aromatic rings. The largest absolute Gasteiger partial charge is 0.454 e. The molecule has 1 amide bonds. The van der Waals surface area contributed by atoms with Crippen LogP contribution in [0.15, 0.2) is 23.9 Å². The van der Waals surface area contributed by atoms with E-state index >= 15 is 0 Å². The molecule has 0 saturated carbocycles. The normalized spacial score (nSPS) is 18.7. The zero-order chi connectivity index (χ0) is 15.7. The molecular weight excluding hydrogens is 300 g/mol. The summed E-state index contributed by atoms with van der Waals surface area (Å²) in [6.45, 7) is 3.00. The van der Waals surface area contributed by atoms with Crippen LogP contribution in [-0.4, -0.2) is 41.2 Å². The Hall–Kier alpha value is -2.08. The van der Waals surface area contributed by atoms with Crippen LogP contribution in [0.2, 0.25) is 0 Å². The van der Waals surface area contributed by atoms with Gasteiger partial charge in [-0.15, -0.1) is 0 Å². The molecule has 1 saturated heterocycles. The van der Waals surface area contributed by atoms with Crippen molar-refractivity contribution in [2.45, 2.75) is 19.8 Å². The van der Waals surface area contributed by atoms with Gasteiger partial charge >= 0.3 is 0 Å². The van der Waals surface area contributed by atoms with E-state index in [1.54, 1.807) is 9.80 Å². The van der Waals surface area contributed by atoms with Crippen molar-refractivity contribution in [3.63, 3.8) is 0 Å². The number of thiocarbonyl (C=S) groups is 1. The lowest BCUT2D eigenvalue weighted by atomic mass is 10.1. The van der Waals surface area contributed by atoms with E-state index < -0.39 is 0 Å². The third kappa shape index (κ3) is 2.54. The monoisotopic (exact) mass is 318 g/mol. The van der Waals surface area contributed by atoms with Gasteiger partial charge < -0.3 is 14.4 Å². The lowest BCUT2D eigenvalue weighted by Gasteiger charge is -2.15. The van der Waals surface area contributed by atoms with Crippen LogP contribution in [0, 0.1) is 0 Å². The molecule has 1 fully saturated rings. The van der Waals surface area contributed by atoms with E-state index in [1.807, 2.05) is 31.3 Å². The molecule has 0 spiro atoms. The van der Waals surface area contributed by atoms with Gasteiger partial charge in [0, 0.05) is 13.6 Å². The molecule has 116 valence electrons. The number of ether oxygens (including phenoxy) is 2. The summed E-state index contributed by atoms with van der Waals surface area (Å²) in [6, 6.07) is 5.62. The smallest absolute Gasteiger partial charge is 0.276 e. The van der Waals surface area contributed by atoms with Gasteiger partial charge in [-0.05, 0) is 42.4 Å². The Morgan fingerprint density at radius 1 is 1.32 bits per heavy atom. The first kappa shape index (κ1) is 14.8. The number of carbonyl (C=O) groups excluding carboxylic acids is 1. The fourth-order valence-corrected chi connectivity index (χ4v) is 2.76. The molecule has 2 aliphatic heterocycles. The number of fused-ring (bicyclic) bond motifs is 1. The minimum Gasteiger partial charge on any atom is -0.454 e. The standard InChI is InChI=1S/C16H18N2O3S/c1-3-4-7-18-15(19)12(17(2)16(18)22)8-11-5-6-13-14(9-11)21-10-20-13/h5-6,8-9H,3-4,7,10H2,1-2H3/b12-8+. The van der Waals surface area contributed by atoms with Crippen LogP contribution in [-0.2, 0) is 4.79 Å². The highest BCUT2D eigenvalue weighted by molar-refractivity contribution is 7.80. The Labute approximate surface area is 135 Å². The first-order valence-corrected chi connectivity index (χ1v) is 7.73. The lowest BCUT2D eigenvalue weighted by molar-refractivity contribution is -0.122. The van der Waals surface area contributed by atoms with Crippen molar-refractivity contribution in [2.75, 3.05) is 20.4 Å². The third-order valence-corrected chi connectivity index (χ3v) is 4.27. The summed E-state index contributed by atoms with van der Waals surface area (Å²) >= 11 is 5.37. The van der Waals surface area contributed by atoms with E-state index in [-0.39, 0.29) is 12.7 Å². The Balaban J connectivity index is 1.87. The van der Waals surface area contributed by atoms with E-state index in [0.29, 0.717) is 23.1 Å². The van der Waals surface area contributed by atoms with Gasteiger partial charge in [-0.2, -0.15) is 0 Å². The maximum Gasteiger partial charge on any atom is 0.276 e. The van der Waals surface area contributed by atoms with Crippen LogP contribution in [0.25, 0.3) is 6.08 Å². The quantitative estimate of drug-likeness (QED) is 0.630. The Morgan fingerprint density at radius 2 is 2.09 bits per heavy atom. The van der Waals surface area contributed by atoms with E-state index in [2.05, 4.69) is 6.92 Å².